The highest BCUT2D eigenvalue weighted by Crippen LogP contribution is 2.52. The fourth-order valence-corrected chi connectivity index (χ4v) is 6.83. The van der Waals surface area contributed by atoms with E-state index >= 15 is 0 Å². The van der Waals surface area contributed by atoms with Crippen LogP contribution in [0, 0.1) is 11.8 Å². The number of β-lactam (4-membered cyclic amide) rings is 1. The first-order valence-electron chi connectivity index (χ1n) is 11.4. The molecule has 0 saturated carbocycles. The smallest absolute Gasteiger partial charge is 0.358 e. The maximum absolute atomic E-state index is 13.0. The van der Waals surface area contributed by atoms with Crippen LogP contribution in [0.1, 0.15) is 38.1 Å². The Labute approximate surface area is 225 Å². The highest BCUT2D eigenvalue weighted by Gasteiger charge is 2.60. The van der Waals surface area contributed by atoms with E-state index in [1.165, 1.54) is 47.9 Å². The number of carbonyl (C=O) groups excluding carboxylic acids is 4. The molecule has 4 rings (SSSR count). The summed E-state index contributed by atoms with van der Waals surface area (Å²) in [5.41, 5.74) is 0.210. The molecule has 2 saturated heterocycles. The van der Waals surface area contributed by atoms with Gasteiger partial charge in [-0.15, -0.1) is 11.8 Å². The van der Waals surface area contributed by atoms with E-state index in [1.54, 1.807) is 0 Å². The highest BCUT2D eigenvalue weighted by atomic mass is 32.2. The zero-order valence-corrected chi connectivity index (χ0v) is 21.8. The number of aliphatic hydroxyl groups excluding tert-OH is 1. The highest BCUT2D eigenvalue weighted by molar-refractivity contribution is 8.03. The summed E-state index contributed by atoms with van der Waals surface area (Å²) in [5.74, 6) is -3.98. The van der Waals surface area contributed by atoms with Crippen LogP contribution in [0.3, 0.4) is 0 Å². The van der Waals surface area contributed by atoms with Crippen molar-refractivity contribution in [3.8, 4) is 0 Å². The molecular weight excluding hydrogens is 537 g/mol. The SMILES string of the molecule is C.CC(O)C1C(=O)N2C(C(=O)OP)=C(SC3CC(C(=O)Nc4cccc(C(=O)O)c4)N(C(=O)[O-])C3)C(C)C12. The molecule has 1 aromatic carbocycles. The molecule has 3 N–H and O–H groups in total. The van der Waals surface area contributed by atoms with Crippen LogP contribution in [0.4, 0.5) is 10.5 Å². The van der Waals surface area contributed by atoms with Crippen molar-refractivity contribution >= 4 is 56.8 Å². The Morgan fingerprint density at radius 3 is 2.55 bits per heavy atom. The van der Waals surface area contributed by atoms with Crippen LogP contribution in [0.25, 0.3) is 0 Å². The number of hydrogen-bond acceptors (Lipinski definition) is 9. The molecule has 1 aromatic rings. The quantitative estimate of drug-likeness (QED) is 0.317. The van der Waals surface area contributed by atoms with Crippen molar-refractivity contribution in [3.05, 3.63) is 40.4 Å². The minimum atomic E-state index is -1.55. The zero-order valence-electron chi connectivity index (χ0n) is 19.8. The first kappa shape index (κ1) is 29.4. The van der Waals surface area contributed by atoms with Crippen molar-refractivity contribution in [1.82, 2.24) is 9.80 Å². The zero-order chi connectivity index (χ0) is 27.2. The van der Waals surface area contributed by atoms with E-state index in [-0.39, 0.29) is 43.3 Å². The number of carboxylic acids is 1. The number of aromatic carboxylic acids is 1. The van der Waals surface area contributed by atoms with Gasteiger partial charge in [-0.05, 0) is 31.5 Å². The molecule has 7 unspecified atom stereocenters. The number of nitrogens with zero attached hydrogens (tertiary/aromatic N) is 2. The van der Waals surface area contributed by atoms with Gasteiger partial charge in [0.1, 0.15) is 17.8 Å². The number of rotatable bonds is 7. The van der Waals surface area contributed by atoms with Crippen LogP contribution in [-0.2, 0) is 18.9 Å². The van der Waals surface area contributed by atoms with Crippen LogP contribution in [0.15, 0.2) is 34.9 Å². The van der Waals surface area contributed by atoms with Crippen molar-refractivity contribution < 1.29 is 43.8 Å². The molecule has 3 amide bonds. The van der Waals surface area contributed by atoms with E-state index in [4.69, 9.17) is 9.63 Å². The number of thioether (sulfide) groups is 1. The summed E-state index contributed by atoms with van der Waals surface area (Å²) >= 11 is 1.20. The summed E-state index contributed by atoms with van der Waals surface area (Å²) in [6.07, 6.45) is -2.38. The van der Waals surface area contributed by atoms with Gasteiger partial charge >= 0.3 is 11.9 Å². The third kappa shape index (κ3) is 5.10. The molecule has 3 aliphatic rings. The van der Waals surface area contributed by atoms with Gasteiger partial charge < -0.3 is 39.8 Å². The lowest BCUT2D eigenvalue weighted by Crippen LogP contribution is -2.63. The Hall–Kier alpha value is -3.15. The topological polar surface area (TPSA) is 177 Å². The average molecular weight is 567 g/mol. The van der Waals surface area contributed by atoms with Crippen molar-refractivity contribution in [2.75, 3.05) is 11.9 Å². The fraction of sp³-hybridized carbons (Fsp3) is 0.458. The van der Waals surface area contributed by atoms with E-state index in [0.717, 1.165) is 4.90 Å². The third-order valence-electron chi connectivity index (χ3n) is 6.88. The Morgan fingerprint density at radius 2 is 1.97 bits per heavy atom. The Morgan fingerprint density at radius 1 is 1.29 bits per heavy atom. The summed E-state index contributed by atoms with van der Waals surface area (Å²) in [6.45, 7) is 3.25. The Bertz CT molecular complexity index is 1210. The first-order chi connectivity index (χ1) is 17.5. The molecule has 3 heterocycles. The maximum atomic E-state index is 13.0. The Kier molecular flexibility index (Phi) is 8.75. The van der Waals surface area contributed by atoms with Gasteiger partial charge in [-0.1, -0.05) is 20.4 Å². The number of fused-ring (bicyclic) bond motifs is 1. The lowest BCUT2D eigenvalue weighted by molar-refractivity contribution is -0.266. The summed E-state index contributed by atoms with van der Waals surface area (Å²) < 4.78 is 4.82. The van der Waals surface area contributed by atoms with Crippen LogP contribution in [0.5, 0.6) is 0 Å². The second kappa shape index (κ2) is 11.3. The second-order valence-corrected chi connectivity index (χ2v) is 10.7. The van der Waals surface area contributed by atoms with Gasteiger partial charge in [0.15, 0.2) is 0 Å². The minimum Gasteiger partial charge on any atom is -0.530 e. The predicted molar refractivity (Wildman–Crippen MR) is 138 cm³/mol. The van der Waals surface area contributed by atoms with Gasteiger partial charge in [0.05, 0.1) is 33.1 Å². The van der Waals surface area contributed by atoms with E-state index < -0.39 is 59.2 Å². The summed E-state index contributed by atoms with van der Waals surface area (Å²) in [6, 6.07) is 4.01. The van der Waals surface area contributed by atoms with Gasteiger partial charge in [-0.25, -0.2) is 9.59 Å². The number of hydrogen-bond donors (Lipinski definition) is 3. The number of likely N-dealkylation sites (tertiary alicyclic amines) is 1. The summed E-state index contributed by atoms with van der Waals surface area (Å²) in [5, 5.41) is 33.2. The van der Waals surface area contributed by atoms with E-state index in [2.05, 4.69) is 5.32 Å². The fourth-order valence-electron chi connectivity index (χ4n) is 5.19. The van der Waals surface area contributed by atoms with Gasteiger partial charge in [-0.2, -0.15) is 0 Å². The molecule has 2 fully saturated rings. The standard InChI is InChI=1S/C23H26N3O9PS.CH4/c1-9-16-15(10(2)27)20(29)26(16)17(22(32)35-36)18(9)37-13-7-14(25(8-13)23(33)34)19(28)24-12-5-3-4-11(6-12)21(30)31;/h3-6,9-10,13-16,27H,7-8,36H2,1-2H3,(H,24,28)(H,30,31)(H,33,34);1H4/p-1. The molecule has 0 radical (unpaired) electrons. The number of aliphatic hydroxyl groups is 1. The second-order valence-electron chi connectivity index (χ2n) is 9.16. The number of benzene rings is 1. The molecule has 0 bridgehead atoms. The Balaban J connectivity index is 0.00000400. The number of amides is 3. The molecule has 0 aliphatic carbocycles. The van der Waals surface area contributed by atoms with Gasteiger partial charge in [-0.3, -0.25) is 9.59 Å². The molecule has 0 spiro atoms. The van der Waals surface area contributed by atoms with Crippen molar-refractivity contribution in [1.29, 1.82) is 0 Å². The molecule has 206 valence electrons. The molecular formula is C24H29N3O9PS-. The van der Waals surface area contributed by atoms with E-state index in [9.17, 15) is 34.2 Å². The monoisotopic (exact) mass is 566 g/mol. The number of nitrogens with one attached hydrogen (secondary N) is 1. The third-order valence-corrected chi connectivity index (χ3v) is 8.59. The molecule has 12 nitrogen and oxygen atoms in total. The largest absolute Gasteiger partial charge is 0.530 e. The predicted octanol–water partition coefficient (Wildman–Crippen LogP) is 0.881. The normalized spacial score (nSPS) is 26.7. The van der Waals surface area contributed by atoms with E-state index in [1.807, 2.05) is 16.4 Å². The maximum Gasteiger partial charge on any atom is 0.358 e. The summed E-state index contributed by atoms with van der Waals surface area (Å²) in [7, 11) is 1.84. The lowest BCUT2D eigenvalue weighted by atomic mass is 9.79. The van der Waals surface area contributed by atoms with Crippen molar-refractivity contribution in [2.24, 2.45) is 11.8 Å². The molecule has 14 heteroatoms. The minimum absolute atomic E-state index is 0. The molecule has 3 aliphatic heterocycles. The van der Waals surface area contributed by atoms with Crippen LogP contribution in [0.2, 0.25) is 0 Å². The van der Waals surface area contributed by atoms with Crippen LogP contribution < -0.4 is 10.4 Å². The van der Waals surface area contributed by atoms with Crippen LogP contribution in [-0.4, -0.2) is 79.8 Å². The number of carbonyl (C=O) groups is 5. The summed E-state index contributed by atoms with van der Waals surface area (Å²) in [4.78, 5) is 64.0. The molecule has 0 aromatic heterocycles. The van der Waals surface area contributed by atoms with Crippen molar-refractivity contribution in [3.63, 3.8) is 0 Å². The molecule has 7 atom stereocenters. The van der Waals surface area contributed by atoms with Gasteiger partial charge in [0.2, 0.25) is 11.8 Å². The van der Waals surface area contributed by atoms with Crippen molar-refractivity contribution in [2.45, 2.75) is 51.1 Å². The lowest BCUT2D eigenvalue weighted by Gasteiger charge is -2.46. The van der Waals surface area contributed by atoms with E-state index in [0.29, 0.717) is 4.91 Å². The number of carboxylic acid groups (broad SMARTS) is 2. The van der Waals surface area contributed by atoms with Gasteiger partial charge in [0.25, 0.3) is 0 Å². The molecule has 38 heavy (non-hydrogen) atoms. The number of anilines is 1. The van der Waals surface area contributed by atoms with Gasteiger partial charge in [0, 0.05) is 28.3 Å². The van der Waals surface area contributed by atoms with Crippen LogP contribution >= 0.6 is 21.2 Å². The first-order valence-corrected chi connectivity index (χ1v) is 12.8. The average Bonchev–Trinajstić information content (AvgIpc) is 3.37.